The molecular formula is C15H23FN2. The quantitative estimate of drug-likeness (QED) is 0.808. The molecule has 0 aromatic heterocycles. The lowest BCUT2D eigenvalue weighted by molar-refractivity contribution is 0.516. The molecule has 1 heterocycles. The van der Waals surface area contributed by atoms with E-state index in [0.717, 1.165) is 37.4 Å². The molecule has 1 unspecified atom stereocenters. The van der Waals surface area contributed by atoms with Gasteiger partial charge in [0.1, 0.15) is 5.82 Å². The molecule has 1 saturated heterocycles. The molecule has 2 nitrogen and oxygen atoms in total. The Balaban J connectivity index is 1.94. The van der Waals surface area contributed by atoms with Crippen LogP contribution in [0, 0.1) is 18.7 Å². The van der Waals surface area contributed by atoms with Gasteiger partial charge in [0.2, 0.25) is 0 Å². The zero-order chi connectivity index (χ0) is 13.0. The summed E-state index contributed by atoms with van der Waals surface area (Å²) in [5, 5.41) is 3.47. The highest BCUT2D eigenvalue weighted by Gasteiger charge is 2.23. The molecule has 1 N–H and O–H groups in total. The van der Waals surface area contributed by atoms with Gasteiger partial charge in [0, 0.05) is 24.3 Å². The second-order valence-corrected chi connectivity index (χ2v) is 5.19. The second kappa shape index (κ2) is 6.19. The fourth-order valence-corrected chi connectivity index (χ4v) is 2.64. The van der Waals surface area contributed by atoms with Crippen LogP contribution in [0.4, 0.5) is 10.1 Å². The van der Waals surface area contributed by atoms with Gasteiger partial charge in [-0.25, -0.2) is 4.39 Å². The van der Waals surface area contributed by atoms with E-state index in [2.05, 4.69) is 17.1 Å². The van der Waals surface area contributed by atoms with Crippen LogP contribution >= 0.6 is 0 Å². The lowest BCUT2D eigenvalue weighted by Gasteiger charge is -2.21. The Hall–Kier alpha value is -1.09. The van der Waals surface area contributed by atoms with Gasteiger partial charge >= 0.3 is 0 Å². The molecular weight excluding hydrogens is 227 g/mol. The molecule has 1 aromatic rings. The maximum atomic E-state index is 13.5. The van der Waals surface area contributed by atoms with Crippen LogP contribution in [0.5, 0.6) is 0 Å². The molecule has 0 aliphatic carbocycles. The molecule has 1 aliphatic heterocycles. The van der Waals surface area contributed by atoms with Crippen LogP contribution in [0.25, 0.3) is 0 Å². The summed E-state index contributed by atoms with van der Waals surface area (Å²) in [5.41, 5.74) is 1.84. The number of nitrogens with zero attached hydrogens (tertiary/aromatic N) is 1. The van der Waals surface area contributed by atoms with Crippen molar-refractivity contribution in [1.82, 2.24) is 5.32 Å². The summed E-state index contributed by atoms with van der Waals surface area (Å²) >= 11 is 0. The molecule has 3 heteroatoms. The molecule has 0 radical (unpaired) electrons. The topological polar surface area (TPSA) is 15.3 Å². The highest BCUT2D eigenvalue weighted by atomic mass is 19.1. The third kappa shape index (κ3) is 3.02. The predicted molar refractivity (Wildman–Crippen MR) is 74.6 cm³/mol. The number of hydrogen-bond donors (Lipinski definition) is 1. The van der Waals surface area contributed by atoms with Gasteiger partial charge in [-0.05, 0) is 50.9 Å². The van der Waals surface area contributed by atoms with Crippen molar-refractivity contribution < 1.29 is 4.39 Å². The molecule has 100 valence electrons. The van der Waals surface area contributed by atoms with Crippen molar-refractivity contribution >= 4 is 5.69 Å². The maximum Gasteiger partial charge on any atom is 0.128 e. The van der Waals surface area contributed by atoms with Crippen molar-refractivity contribution in [3.05, 3.63) is 29.6 Å². The average molecular weight is 250 g/mol. The largest absolute Gasteiger partial charge is 0.371 e. The minimum Gasteiger partial charge on any atom is -0.371 e. The van der Waals surface area contributed by atoms with Crippen LogP contribution in [-0.4, -0.2) is 26.2 Å². The number of anilines is 1. The van der Waals surface area contributed by atoms with E-state index in [0.29, 0.717) is 5.92 Å². The Morgan fingerprint density at radius 1 is 1.44 bits per heavy atom. The van der Waals surface area contributed by atoms with E-state index in [9.17, 15) is 4.39 Å². The van der Waals surface area contributed by atoms with E-state index in [1.165, 1.54) is 18.9 Å². The molecule has 18 heavy (non-hydrogen) atoms. The minimum absolute atomic E-state index is 0.0972. The molecule has 0 saturated carbocycles. The summed E-state index contributed by atoms with van der Waals surface area (Å²) in [7, 11) is 0. The highest BCUT2D eigenvalue weighted by molar-refractivity contribution is 5.54. The molecule has 1 fully saturated rings. The molecule has 1 aromatic carbocycles. The van der Waals surface area contributed by atoms with Gasteiger partial charge in [0.25, 0.3) is 0 Å². The summed E-state index contributed by atoms with van der Waals surface area (Å²) in [6, 6.07) is 5.37. The molecule has 0 amide bonds. The van der Waals surface area contributed by atoms with Gasteiger partial charge < -0.3 is 10.2 Å². The summed E-state index contributed by atoms with van der Waals surface area (Å²) < 4.78 is 13.5. The third-order valence-corrected chi connectivity index (χ3v) is 3.73. The lowest BCUT2D eigenvalue weighted by atomic mass is 10.1. The SMILES string of the molecule is CCCNCC1CCN(c2cccc(F)c2C)C1. The van der Waals surface area contributed by atoms with Crippen LogP contribution in [-0.2, 0) is 0 Å². The zero-order valence-corrected chi connectivity index (χ0v) is 11.4. The van der Waals surface area contributed by atoms with E-state index in [1.54, 1.807) is 6.07 Å². The van der Waals surface area contributed by atoms with Crippen LogP contribution in [0.3, 0.4) is 0 Å². The fourth-order valence-electron chi connectivity index (χ4n) is 2.64. The van der Waals surface area contributed by atoms with Crippen molar-refractivity contribution in [3.63, 3.8) is 0 Å². The lowest BCUT2D eigenvalue weighted by Crippen LogP contribution is -2.27. The van der Waals surface area contributed by atoms with Crippen molar-refractivity contribution in [2.24, 2.45) is 5.92 Å². The monoisotopic (exact) mass is 250 g/mol. The van der Waals surface area contributed by atoms with Crippen molar-refractivity contribution in [3.8, 4) is 0 Å². The van der Waals surface area contributed by atoms with Crippen LogP contribution < -0.4 is 10.2 Å². The first-order valence-corrected chi connectivity index (χ1v) is 6.93. The fraction of sp³-hybridized carbons (Fsp3) is 0.600. The minimum atomic E-state index is -0.0972. The molecule has 1 atom stereocenters. The van der Waals surface area contributed by atoms with Crippen LogP contribution in [0.1, 0.15) is 25.3 Å². The van der Waals surface area contributed by atoms with Gasteiger partial charge in [-0.15, -0.1) is 0 Å². The summed E-state index contributed by atoms with van der Waals surface area (Å²) in [5.74, 6) is 0.597. The van der Waals surface area contributed by atoms with Crippen molar-refractivity contribution in [2.45, 2.75) is 26.7 Å². The Morgan fingerprint density at radius 3 is 3.06 bits per heavy atom. The number of hydrogen-bond acceptors (Lipinski definition) is 2. The zero-order valence-electron chi connectivity index (χ0n) is 11.4. The van der Waals surface area contributed by atoms with E-state index in [-0.39, 0.29) is 5.82 Å². The smallest absolute Gasteiger partial charge is 0.128 e. The number of rotatable bonds is 5. The first-order chi connectivity index (χ1) is 8.72. The molecule has 0 spiro atoms. The third-order valence-electron chi connectivity index (χ3n) is 3.73. The van der Waals surface area contributed by atoms with E-state index in [4.69, 9.17) is 0 Å². The van der Waals surface area contributed by atoms with Gasteiger partial charge in [-0.2, -0.15) is 0 Å². The Kier molecular flexibility index (Phi) is 4.59. The predicted octanol–water partition coefficient (Wildman–Crippen LogP) is 2.96. The molecule has 1 aliphatic rings. The Bertz CT molecular complexity index is 392. The standard InChI is InChI=1S/C15H23FN2/c1-3-8-17-10-13-7-9-18(11-13)15-6-4-5-14(16)12(15)2/h4-6,13,17H,3,7-11H2,1-2H3. The van der Waals surface area contributed by atoms with Crippen molar-refractivity contribution in [1.29, 1.82) is 0 Å². The Labute approximate surface area is 109 Å². The van der Waals surface area contributed by atoms with E-state index < -0.39 is 0 Å². The Morgan fingerprint density at radius 2 is 2.28 bits per heavy atom. The van der Waals surface area contributed by atoms with Crippen LogP contribution in [0.2, 0.25) is 0 Å². The first kappa shape index (κ1) is 13.3. The van der Waals surface area contributed by atoms with E-state index >= 15 is 0 Å². The number of nitrogens with one attached hydrogen (secondary N) is 1. The molecule has 2 rings (SSSR count). The average Bonchev–Trinajstić information content (AvgIpc) is 2.82. The summed E-state index contributed by atoms with van der Waals surface area (Å²) in [6.45, 7) is 8.31. The van der Waals surface area contributed by atoms with Gasteiger partial charge in [-0.3, -0.25) is 0 Å². The maximum absolute atomic E-state index is 13.5. The normalized spacial score (nSPS) is 19.5. The van der Waals surface area contributed by atoms with Crippen molar-refractivity contribution in [2.75, 3.05) is 31.1 Å². The first-order valence-electron chi connectivity index (χ1n) is 6.93. The molecule has 0 bridgehead atoms. The van der Waals surface area contributed by atoms with Gasteiger partial charge in [0.15, 0.2) is 0 Å². The van der Waals surface area contributed by atoms with E-state index in [1.807, 2.05) is 13.0 Å². The number of benzene rings is 1. The second-order valence-electron chi connectivity index (χ2n) is 5.19. The number of halogens is 1. The van der Waals surface area contributed by atoms with Crippen LogP contribution in [0.15, 0.2) is 18.2 Å². The highest BCUT2D eigenvalue weighted by Crippen LogP contribution is 2.27. The van der Waals surface area contributed by atoms with Gasteiger partial charge in [-0.1, -0.05) is 13.0 Å². The summed E-state index contributed by atoms with van der Waals surface area (Å²) in [6.07, 6.45) is 2.38. The van der Waals surface area contributed by atoms with Gasteiger partial charge in [0.05, 0.1) is 0 Å². The summed E-state index contributed by atoms with van der Waals surface area (Å²) in [4.78, 5) is 2.32.